The standard InChI is InChI=1S/C13H13N3O2.CO2/c1-9-7-10(5-6-16-9)13(2,12(17)18-4)11(8-14)15-3;2-1-3/h5-7,11H,1-2,4H3;. The van der Waals surface area contributed by atoms with Crippen molar-refractivity contribution in [3.05, 3.63) is 41.0 Å². The summed E-state index contributed by atoms with van der Waals surface area (Å²) >= 11 is 0. The molecule has 108 valence electrons. The van der Waals surface area contributed by atoms with E-state index in [4.69, 9.17) is 26.2 Å². The van der Waals surface area contributed by atoms with E-state index in [9.17, 15) is 4.79 Å². The van der Waals surface area contributed by atoms with Crippen molar-refractivity contribution in [3.8, 4) is 6.07 Å². The zero-order chi connectivity index (χ0) is 16.5. The maximum Gasteiger partial charge on any atom is 0.373 e. The summed E-state index contributed by atoms with van der Waals surface area (Å²) in [6.07, 6.45) is 1.80. The number of hydrogen-bond acceptors (Lipinski definition) is 6. The van der Waals surface area contributed by atoms with Gasteiger partial charge in [0.1, 0.15) is 0 Å². The van der Waals surface area contributed by atoms with E-state index < -0.39 is 17.4 Å². The molecule has 1 aromatic heterocycles. The summed E-state index contributed by atoms with van der Waals surface area (Å²) in [7, 11) is 1.24. The number of nitrogens with zero attached hydrogens (tertiary/aromatic N) is 3. The predicted octanol–water partition coefficient (Wildman–Crippen LogP) is 1.05. The molecule has 0 radical (unpaired) electrons. The number of carbonyl (C=O) groups excluding carboxylic acids is 3. The van der Waals surface area contributed by atoms with Crippen LogP contribution in [0.2, 0.25) is 0 Å². The highest BCUT2D eigenvalue weighted by Gasteiger charge is 2.49. The van der Waals surface area contributed by atoms with Crippen LogP contribution in [0.15, 0.2) is 18.3 Å². The molecule has 0 bridgehead atoms. The Labute approximate surface area is 122 Å². The minimum atomic E-state index is -1.31. The Morgan fingerprint density at radius 3 is 2.52 bits per heavy atom. The number of hydrogen-bond donors (Lipinski definition) is 0. The first-order chi connectivity index (χ1) is 9.91. The molecule has 0 amide bonds. The van der Waals surface area contributed by atoms with E-state index in [0.717, 1.165) is 0 Å². The molecule has 2 unspecified atom stereocenters. The molecule has 2 atom stereocenters. The summed E-state index contributed by atoms with van der Waals surface area (Å²) in [5.74, 6) is -0.601. The fraction of sp³-hybridized carbons (Fsp3) is 0.357. The van der Waals surface area contributed by atoms with Crippen molar-refractivity contribution in [2.75, 3.05) is 7.11 Å². The second-order valence-electron chi connectivity index (χ2n) is 4.12. The normalized spacial score (nSPS) is 13.0. The molecule has 0 aromatic carbocycles. The molecular formula is C14H13N3O4. The first-order valence-electron chi connectivity index (χ1n) is 5.69. The number of nitriles is 1. The average Bonchev–Trinajstić information content (AvgIpc) is 2.48. The molecule has 0 saturated heterocycles. The van der Waals surface area contributed by atoms with Crippen LogP contribution < -0.4 is 0 Å². The van der Waals surface area contributed by atoms with E-state index in [0.29, 0.717) is 11.3 Å². The van der Waals surface area contributed by atoms with Crippen LogP contribution in [-0.4, -0.2) is 30.3 Å². The van der Waals surface area contributed by atoms with E-state index in [1.54, 1.807) is 32.2 Å². The molecule has 0 spiro atoms. The van der Waals surface area contributed by atoms with Crippen LogP contribution in [0.25, 0.3) is 4.85 Å². The monoisotopic (exact) mass is 287 g/mol. The molecule has 7 heteroatoms. The number of ether oxygens (including phenoxy) is 1. The van der Waals surface area contributed by atoms with Crippen LogP contribution in [0.5, 0.6) is 0 Å². The smallest absolute Gasteiger partial charge is 0.373 e. The molecule has 0 N–H and O–H groups in total. The average molecular weight is 287 g/mol. The van der Waals surface area contributed by atoms with Gasteiger partial charge in [-0.3, -0.25) is 14.6 Å². The fourth-order valence-electron chi connectivity index (χ4n) is 1.76. The highest BCUT2D eigenvalue weighted by atomic mass is 16.5. The molecule has 1 heterocycles. The zero-order valence-electron chi connectivity index (χ0n) is 11.8. The molecule has 0 saturated carbocycles. The highest BCUT2D eigenvalue weighted by molar-refractivity contribution is 5.84. The Hall–Kier alpha value is -3.02. The van der Waals surface area contributed by atoms with Crippen molar-refractivity contribution in [1.82, 2.24) is 4.98 Å². The van der Waals surface area contributed by atoms with Crippen molar-refractivity contribution >= 4 is 12.1 Å². The summed E-state index contributed by atoms with van der Waals surface area (Å²) in [6, 6.07) is 4.03. The lowest BCUT2D eigenvalue weighted by atomic mass is 9.76. The van der Waals surface area contributed by atoms with Gasteiger partial charge in [0.05, 0.1) is 7.11 Å². The Balaban J connectivity index is 0.00000122. The Kier molecular flexibility index (Phi) is 7.03. The molecular weight excluding hydrogens is 274 g/mol. The second kappa shape index (κ2) is 8.21. The predicted molar refractivity (Wildman–Crippen MR) is 69.4 cm³/mol. The lowest BCUT2D eigenvalue weighted by Crippen LogP contribution is -2.42. The van der Waals surface area contributed by atoms with E-state index in [1.165, 1.54) is 7.11 Å². The quantitative estimate of drug-likeness (QED) is 0.608. The van der Waals surface area contributed by atoms with E-state index in [2.05, 4.69) is 9.83 Å². The molecule has 1 rings (SSSR count). The van der Waals surface area contributed by atoms with Crippen molar-refractivity contribution in [1.29, 1.82) is 5.26 Å². The number of pyridine rings is 1. The van der Waals surface area contributed by atoms with Crippen LogP contribution in [0.3, 0.4) is 0 Å². The maximum absolute atomic E-state index is 12.0. The van der Waals surface area contributed by atoms with Gasteiger partial charge in [0.2, 0.25) is 0 Å². The summed E-state index contributed by atoms with van der Waals surface area (Å²) in [4.78, 5) is 35.5. The first kappa shape index (κ1) is 18.0. The highest BCUT2D eigenvalue weighted by Crippen LogP contribution is 2.31. The topological polar surface area (TPSA) is 101 Å². The van der Waals surface area contributed by atoms with Crippen molar-refractivity contribution in [2.45, 2.75) is 25.3 Å². The van der Waals surface area contributed by atoms with Gasteiger partial charge in [-0.05, 0) is 31.5 Å². The molecule has 21 heavy (non-hydrogen) atoms. The fourth-order valence-corrected chi connectivity index (χ4v) is 1.76. The van der Waals surface area contributed by atoms with Gasteiger partial charge >= 0.3 is 18.2 Å². The molecule has 0 aliphatic heterocycles. The number of aryl methyl sites for hydroxylation is 1. The minimum absolute atomic E-state index is 0.250. The van der Waals surface area contributed by atoms with Gasteiger partial charge in [-0.1, -0.05) is 0 Å². The largest absolute Gasteiger partial charge is 0.468 e. The molecule has 0 aliphatic rings. The number of esters is 1. The lowest BCUT2D eigenvalue weighted by molar-refractivity contribution is -0.191. The second-order valence-corrected chi connectivity index (χ2v) is 4.12. The van der Waals surface area contributed by atoms with Gasteiger partial charge in [-0.2, -0.15) is 14.9 Å². The summed E-state index contributed by atoms with van der Waals surface area (Å²) < 4.78 is 4.74. The third-order valence-electron chi connectivity index (χ3n) is 2.90. The van der Waals surface area contributed by atoms with Crippen molar-refractivity contribution < 1.29 is 19.1 Å². The lowest BCUT2D eigenvalue weighted by Gasteiger charge is -2.24. The van der Waals surface area contributed by atoms with Crippen LogP contribution in [-0.2, 0) is 24.5 Å². The van der Waals surface area contributed by atoms with Gasteiger partial charge in [-0.15, -0.1) is 0 Å². The van der Waals surface area contributed by atoms with Crippen LogP contribution in [0.1, 0.15) is 18.2 Å². The van der Waals surface area contributed by atoms with Crippen LogP contribution >= 0.6 is 0 Å². The molecule has 1 aromatic rings. The zero-order valence-corrected chi connectivity index (χ0v) is 11.8. The third kappa shape index (κ3) is 3.97. The van der Waals surface area contributed by atoms with Gasteiger partial charge < -0.3 is 4.74 Å². The van der Waals surface area contributed by atoms with Gasteiger partial charge in [0, 0.05) is 11.9 Å². The minimum Gasteiger partial charge on any atom is -0.468 e. The van der Waals surface area contributed by atoms with E-state index in [1.807, 2.05) is 6.07 Å². The molecule has 7 nitrogen and oxygen atoms in total. The van der Waals surface area contributed by atoms with Crippen LogP contribution in [0, 0.1) is 24.8 Å². The van der Waals surface area contributed by atoms with Gasteiger partial charge in [-0.25, -0.2) is 6.57 Å². The number of carbonyl (C=O) groups is 1. The van der Waals surface area contributed by atoms with Gasteiger partial charge in [0.15, 0.2) is 11.5 Å². The van der Waals surface area contributed by atoms with Gasteiger partial charge in [0.25, 0.3) is 0 Å². The Bertz CT molecular complexity index is 610. The number of rotatable bonds is 3. The number of methoxy groups -OCH3 is 1. The Morgan fingerprint density at radius 2 is 2.14 bits per heavy atom. The summed E-state index contributed by atoms with van der Waals surface area (Å²) in [6.45, 7) is 10.4. The third-order valence-corrected chi connectivity index (χ3v) is 2.90. The Morgan fingerprint density at radius 1 is 1.57 bits per heavy atom. The summed E-state index contributed by atoms with van der Waals surface area (Å²) in [5, 5.41) is 9.05. The maximum atomic E-state index is 12.0. The molecule has 0 aliphatic carbocycles. The van der Waals surface area contributed by atoms with Crippen LogP contribution in [0.4, 0.5) is 0 Å². The SMILES string of the molecule is O=C=O.[C-]#[N+]C(C#N)C(C)(C(=O)OC)c1ccnc(C)c1. The number of aromatic nitrogens is 1. The summed E-state index contributed by atoms with van der Waals surface area (Å²) in [5.41, 5.74) is -0.0347. The van der Waals surface area contributed by atoms with Crippen molar-refractivity contribution in [2.24, 2.45) is 0 Å². The van der Waals surface area contributed by atoms with Crippen molar-refractivity contribution in [3.63, 3.8) is 0 Å². The molecule has 0 fully saturated rings. The van der Waals surface area contributed by atoms with E-state index in [-0.39, 0.29) is 6.15 Å². The first-order valence-corrected chi connectivity index (χ1v) is 5.69. The van der Waals surface area contributed by atoms with E-state index >= 15 is 0 Å².